The molecule has 1 heterocycles. The van der Waals surface area contributed by atoms with Crippen molar-refractivity contribution in [1.29, 1.82) is 0 Å². The van der Waals surface area contributed by atoms with Gasteiger partial charge < -0.3 is 10.4 Å². The van der Waals surface area contributed by atoms with Crippen molar-refractivity contribution in [1.82, 2.24) is 15.3 Å². The second kappa shape index (κ2) is 8.82. The van der Waals surface area contributed by atoms with Gasteiger partial charge >= 0.3 is 5.97 Å². The lowest BCUT2D eigenvalue weighted by molar-refractivity contribution is -0.140. The molecule has 0 bridgehead atoms. The van der Waals surface area contributed by atoms with Crippen molar-refractivity contribution in [3.8, 4) is 0 Å². The zero-order valence-corrected chi connectivity index (χ0v) is 15.3. The largest absolute Gasteiger partial charge is 0.480 e. The second-order valence-corrected chi connectivity index (χ2v) is 7.01. The number of carboxylic acid groups (broad SMARTS) is 1. The molecule has 0 aliphatic heterocycles. The molecule has 8 heteroatoms. The summed E-state index contributed by atoms with van der Waals surface area (Å²) < 4.78 is 0. The van der Waals surface area contributed by atoms with E-state index in [0.29, 0.717) is 10.9 Å². The number of aliphatic carboxylic acids is 1. The Morgan fingerprint density at radius 2 is 1.96 bits per heavy atom. The number of halogens is 1. The highest BCUT2D eigenvalue weighted by Gasteiger charge is 2.25. The van der Waals surface area contributed by atoms with Crippen LogP contribution in [0.3, 0.4) is 0 Å². The summed E-state index contributed by atoms with van der Waals surface area (Å²) in [4.78, 5) is 31.9. The summed E-state index contributed by atoms with van der Waals surface area (Å²) in [6.07, 6.45) is 1.35. The van der Waals surface area contributed by atoms with Gasteiger partial charge in [-0.05, 0) is 11.5 Å². The molecule has 1 aromatic carbocycles. The molecule has 0 aliphatic rings. The first-order valence-electron chi connectivity index (χ1n) is 7.61. The van der Waals surface area contributed by atoms with Crippen molar-refractivity contribution in [3.05, 3.63) is 52.8 Å². The molecule has 2 rings (SSSR count). The van der Waals surface area contributed by atoms with Gasteiger partial charge in [-0.1, -0.05) is 67.5 Å². The fraction of sp³-hybridized carbons (Fsp3) is 0.294. The van der Waals surface area contributed by atoms with E-state index in [1.54, 1.807) is 13.8 Å². The summed E-state index contributed by atoms with van der Waals surface area (Å²) >= 11 is 7.38. The Morgan fingerprint density at radius 1 is 1.28 bits per heavy atom. The number of thioether (sulfide) groups is 1. The van der Waals surface area contributed by atoms with Crippen LogP contribution in [0.1, 0.15) is 29.9 Å². The van der Waals surface area contributed by atoms with Gasteiger partial charge in [-0.25, -0.2) is 14.8 Å². The number of hydrogen-bond acceptors (Lipinski definition) is 5. The first-order chi connectivity index (χ1) is 11.9. The highest BCUT2D eigenvalue weighted by Crippen LogP contribution is 2.22. The van der Waals surface area contributed by atoms with Crippen molar-refractivity contribution >= 4 is 35.2 Å². The summed E-state index contributed by atoms with van der Waals surface area (Å²) in [5.41, 5.74) is 1.07. The number of hydrogen-bond donors (Lipinski definition) is 2. The minimum Gasteiger partial charge on any atom is -0.480 e. The number of amides is 1. The Balaban J connectivity index is 2.12. The monoisotopic (exact) mass is 379 g/mol. The van der Waals surface area contributed by atoms with E-state index in [0.717, 1.165) is 5.56 Å². The molecule has 1 amide bonds. The predicted octanol–water partition coefficient (Wildman–Crippen LogP) is 3.26. The standard InChI is InChI=1S/C17H18ClN3O3S/c1-10(2)13(16(23)24)20-15(22)14-12(18)8-19-17(21-14)25-9-11-6-4-3-5-7-11/h3-8,10,13H,9H2,1-2H3,(H,20,22)(H,23,24). The Kier molecular flexibility index (Phi) is 6.78. The third kappa shape index (κ3) is 5.44. The zero-order chi connectivity index (χ0) is 18.4. The van der Waals surface area contributed by atoms with Crippen LogP contribution in [0.4, 0.5) is 0 Å². The summed E-state index contributed by atoms with van der Waals surface area (Å²) in [6, 6.07) is 8.76. The summed E-state index contributed by atoms with van der Waals surface area (Å²) in [5, 5.41) is 12.1. The lowest BCUT2D eigenvalue weighted by Crippen LogP contribution is -2.44. The number of aromatic nitrogens is 2. The molecule has 0 spiro atoms. The van der Waals surface area contributed by atoms with Gasteiger partial charge in [-0.15, -0.1) is 0 Å². The number of nitrogens with zero attached hydrogens (tertiary/aromatic N) is 2. The van der Waals surface area contributed by atoms with E-state index in [4.69, 9.17) is 11.6 Å². The average molecular weight is 380 g/mol. The van der Waals surface area contributed by atoms with E-state index >= 15 is 0 Å². The zero-order valence-electron chi connectivity index (χ0n) is 13.8. The normalized spacial score (nSPS) is 12.0. The molecule has 25 heavy (non-hydrogen) atoms. The van der Waals surface area contributed by atoms with Crippen LogP contribution in [0.2, 0.25) is 5.02 Å². The Morgan fingerprint density at radius 3 is 2.56 bits per heavy atom. The maximum absolute atomic E-state index is 12.4. The molecule has 2 N–H and O–H groups in total. The number of carbonyl (C=O) groups is 2. The molecule has 1 atom stereocenters. The summed E-state index contributed by atoms with van der Waals surface area (Å²) in [7, 11) is 0. The van der Waals surface area contributed by atoms with Gasteiger partial charge in [-0.3, -0.25) is 4.79 Å². The van der Waals surface area contributed by atoms with Crippen LogP contribution in [0, 0.1) is 5.92 Å². The van der Waals surface area contributed by atoms with Crippen LogP contribution in [0.15, 0.2) is 41.7 Å². The Bertz CT molecular complexity index is 756. The highest BCUT2D eigenvalue weighted by molar-refractivity contribution is 7.98. The van der Waals surface area contributed by atoms with Crippen molar-refractivity contribution < 1.29 is 14.7 Å². The predicted molar refractivity (Wildman–Crippen MR) is 96.8 cm³/mol. The molecule has 1 unspecified atom stereocenters. The Hall–Kier alpha value is -2.12. The fourth-order valence-electron chi connectivity index (χ4n) is 2.02. The smallest absolute Gasteiger partial charge is 0.326 e. The van der Waals surface area contributed by atoms with Gasteiger partial charge in [0.15, 0.2) is 10.9 Å². The molecular formula is C17H18ClN3O3S. The first-order valence-corrected chi connectivity index (χ1v) is 8.97. The van der Waals surface area contributed by atoms with E-state index in [1.165, 1.54) is 18.0 Å². The van der Waals surface area contributed by atoms with Crippen LogP contribution in [0.5, 0.6) is 0 Å². The van der Waals surface area contributed by atoms with Gasteiger partial charge in [0.25, 0.3) is 5.91 Å². The van der Waals surface area contributed by atoms with E-state index in [2.05, 4.69) is 15.3 Å². The number of nitrogens with one attached hydrogen (secondary N) is 1. The second-order valence-electron chi connectivity index (χ2n) is 5.66. The van der Waals surface area contributed by atoms with E-state index < -0.39 is 17.9 Å². The van der Waals surface area contributed by atoms with Crippen molar-refractivity contribution in [2.24, 2.45) is 5.92 Å². The number of rotatable bonds is 7. The number of carboxylic acids is 1. The molecule has 6 nitrogen and oxygen atoms in total. The van der Waals surface area contributed by atoms with Gasteiger partial charge in [-0.2, -0.15) is 0 Å². The maximum Gasteiger partial charge on any atom is 0.326 e. The van der Waals surface area contributed by atoms with Crippen LogP contribution >= 0.6 is 23.4 Å². The molecule has 2 aromatic rings. The van der Waals surface area contributed by atoms with Gasteiger partial charge in [0.2, 0.25) is 0 Å². The molecule has 1 aromatic heterocycles. The van der Waals surface area contributed by atoms with Crippen molar-refractivity contribution in [3.63, 3.8) is 0 Å². The number of benzene rings is 1. The van der Waals surface area contributed by atoms with Gasteiger partial charge in [0.1, 0.15) is 6.04 Å². The third-order valence-corrected chi connectivity index (χ3v) is 4.58. The van der Waals surface area contributed by atoms with Crippen molar-refractivity contribution in [2.45, 2.75) is 30.8 Å². The van der Waals surface area contributed by atoms with E-state index in [-0.39, 0.29) is 16.6 Å². The third-order valence-electron chi connectivity index (χ3n) is 3.37. The van der Waals surface area contributed by atoms with Gasteiger partial charge in [0.05, 0.1) is 11.2 Å². The molecule has 132 valence electrons. The summed E-state index contributed by atoms with van der Waals surface area (Å²) in [6.45, 7) is 3.42. The topological polar surface area (TPSA) is 92.2 Å². The lowest BCUT2D eigenvalue weighted by atomic mass is 10.0. The molecule has 0 saturated carbocycles. The van der Waals surface area contributed by atoms with Crippen LogP contribution < -0.4 is 5.32 Å². The summed E-state index contributed by atoms with van der Waals surface area (Å²) in [5.74, 6) is -1.36. The maximum atomic E-state index is 12.4. The molecule has 0 saturated heterocycles. The van der Waals surface area contributed by atoms with Gasteiger partial charge in [0, 0.05) is 5.75 Å². The average Bonchev–Trinajstić information content (AvgIpc) is 2.59. The Labute approximate surface area is 155 Å². The van der Waals surface area contributed by atoms with Crippen molar-refractivity contribution in [2.75, 3.05) is 0 Å². The van der Waals surface area contributed by atoms with E-state index in [1.807, 2.05) is 30.3 Å². The lowest BCUT2D eigenvalue weighted by Gasteiger charge is -2.17. The molecule has 0 fully saturated rings. The van der Waals surface area contributed by atoms with E-state index in [9.17, 15) is 14.7 Å². The minimum atomic E-state index is -1.10. The highest BCUT2D eigenvalue weighted by atomic mass is 35.5. The molecule has 0 radical (unpaired) electrons. The SMILES string of the molecule is CC(C)C(NC(=O)c1nc(SCc2ccccc2)ncc1Cl)C(=O)O. The number of carbonyl (C=O) groups excluding carboxylic acids is 1. The van der Waals surface area contributed by atoms with Crippen LogP contribution in [-0.4, -0.2) is 33.0 Å². The first kappa shape index (κ1) is 19.2. The minimum absolute atomic E-state index is 0.0286. The fourth-order valence-corrected chi connectivity index (χ4v) is 2.97. The van der Waals surface area contributed by atoms with Crippen LogP contribution in [-0.2, 0) is 10.5 Å². The van der Waals surface area contributed by atoms with Crippen LogP contribution in [0.25, 0.3) is 0 Å². The molecular weight excluding hydrogens is 362 g/mol. The quantitative estimate of drug-likeness (QED) is 0.566. The molecule has 0 aliphatic carbocycles.